The molecule has 0 radical (unpaired) electrons. The van der Waals surface area contributed by atoms with Crippen LogP contribution in [0.3, 0.4) is 0 Å². The van der Waals surface area contributed by atoms with Crippen LogP contribution in [-0.4, -0.2) is 18.1 Å². The fourth-order valence-electron chi connectivity index (χ4n) is 2.16. The van der Waals surface area contributed by atoms with Gasteiger partial charge in [-0.3, -0.25) is 4.98 Å². The van der Waals surface area contributed by atoms with Gasteiger partial charge in [-0.2, -0.15) is 0 Å². The summed E-state index contributed by atoms with van der Waals surface area (Å²) in [4.78, 5) is 6.74. The lowest BCUT2D eigenvalue weighted by atomic mass is 10.2. The number of nitrogens with zero attached hydrogens (tertiary/aromatic N) is 2. The molecule has 1 heterocycles. The molecule has 0 atom stereocenters. The number of hydrogen-bond acceptors (Lipinski definition) is 3. The average molecular weight is 255 g/mol. The predicted octanol–water partition coefficient (Wildman–Crippen LogP) is 3.12. The first-order valence-corrected chi connectivity index (χ1v) is 6.80. The molecule has 0 aliphatic heterocycles. The van der Waals surface area contributed by atoms with Crippen molar-refractivity contribution in [3.8, 4) is 0 Å². The zero-order chi connectivity index (χ0) is 13.5. The van der Waals surface area contributed by atoms with Crippen LogP contribution in [0.1, 0.15) is 19.0 Å². The Morgan fingerprint density at radius 2 is 2.00 bits per heavy atom. The van der Waals surface area contributed by atoms with Crippen molar-refractivity contribution >= 4 is 11.4 Å². The molecule has 1 aromatic carbocycles. The summed E-state index contributed by atoms with van der Waals surface area (Å²) < 4.78 is 0. The summed E-state index contributed by atoms with van der Waals surface area (Å²) >= 11 is 0. The van der Waals surface area contributed by atoms with Crippen molar-refractivity contribution in [3.05, 3.63) is 54.4 Å². The molecule has 0 saturated heterocycles. The summed E-state index contributed by atoms with van der Waals surface area (Å²) in [5.74, 6) is 0. The predicted molar refractivity (Wildman–Crippen MR) is 81.3 cm³/mol. The molecule has 2 N–H and O–H groups in total. The first kappa shape index (κ1) is 13.4. The highest BCUT2D eigenvalue weighted by Crippen LogP contribution is 2.18. The Hall–Kier alpha value is -2.03. The maximum absolute atomic E-state index is 5.86. The Bertz CT molecular complexity index is 496. The smallest absolute Gasteiger partial charge is 0.0421 e. The van der Waals surface area contributed by atoms with Gasteiger partial charge in [-0.25, -0.2) is 0 Å². The Labute approximate surface area is 115 Å². The topological polar surface area (TPSA) is 42.2 Å². The molecule has 0 spiro atoms. The lowest BCUT2D eigenvalue weighted by molar-refractivity contribution is 0.748. The summed E-state index contributed by atoms with van der Waals surface area (Å²) in [6.07, 6.45) is 3.92. The van der Waals surface area contributed by atoms with E-state index in [1.54, 1.807) is 0 Å². The average Bonchev–Trinajstić information content (AvgIpc) is 2.44. The lowest BCUT2D eigenvalue weighted by Gasteiger charge is -2.24. The normalized spacial score (nSPS) is 10.4. The molecule has 0 fully saturated rings. The van der Waals surface area contributed by atoms with Gasteiger partial charge >= 0.3 is 0 Å². The van der Waals surface area contributed by atoms with Gasteiger partial charge in [0.15, 0.2) is 0 Å². The zero-order valence-electron chi connectivity index (χ0n) is 11.4. The molecule has 100 valence electrons. The van der Waals surface area contributed by atoms with Crippen LogP contribution in [0.2, 0.25) is 0 Å². The van der Waals surface area contributed by atoms with Crippen LogP contribution < -0.4 is 10.6 Å². The van der Waals surface area contributed by atoms with E-state index in [1.807, 2.05) is 36.5 Å². The van der Waals surface area contributed by atoms with Crippen molar-refractivity contribution in [2.75, 3.05) is 23.7 Å². The number of pyridine rings is 1. The molecule has 0 amide bonds. The standard InChI is InChI=1S/C16H21N3/c1-2-11-19(16-8-5-6-14(17)13-16)12-9-15-7-3-4-10-18-15/h3-8,10,13H,2,9,11-12,17H2,1H3. The molecular weight excluding hydrogens is 234 g/mol. The highest BCUT2D eigenvalue weighted by molar-refractivity contribution is 5.55. The number of nitrogens with two attached hydrogens (primary N) is 1. The van der Waals surface area contributed by atoms with Crippen molar-refractivity contribution in [2.45, 2.75) is 19.8 Å². The number of anilines is 2. The van der Waals surface area contributed by atoms with E-state index >= 15 is 0 Å². The third-order valence-corrected chi connectivity index (χ3v) is 3.09. The van der Waals surface area contributed by atoms with Gasteiger partial charge < -0.3 is 10.6 Å². The van der Waals surface area contributed by atoms with Gasteiger partial charge in [-0.05, 0) is 36.8 Å². The number of nitrogen functional groups attached to an aromatic ring is 1. The quantitative estimate of drug-likeness (QED) is 0.806. The Balaban J connectivity index is 2.04. The first-order chi connectivity index (χ1) is 9.29. The van der Waals surface area contributed by atoms with E-state index in [2.05, 4.69) is 28.9 Å². The van der Waals surface area contributed by atoms with Gasteiger partial charge in [-0.1, -0.05) is 19.1 Å². The second kappa shape index (κ2) is 6.78. The minimum atomic E-state index is 0.816. The number of rotatable bonds is 6. The summed E-state index contributed by atoms with van der Waals surface area (Å²) in [6, 6.07) is 14.1. The Morgan fingerprint density at radius 3 is 2.68 bits per heavy atom. The summed E-state index contributed by atoms with van der Waals surface area (Å²) in [6.45, 7) is 4.20. The van der Waals surface area contributed by atoms with Crippen molar-refractivity contribution < 1.29 is 0 Å². The third-order valence-electron chi connectivity index (χ3n) is 3.09. The van der Waals surface area contributed by atoms with Crippen LogP contribution in [0.5, 0.6) is 0 Å². The minimum Gasteiger partial charge on any atom is -0.399 e. The first-order valence-electron chi connectivity index (χ1n) is 6.80. The molecule has 1 aromatic heterocycles. The van der Waals surface area contributed by atoms with E-state index in [-0.39, 0.29) is 0 Å². The fraction of sp³-hybridized carbons (Fsp3) is 0.312. The van der Waals surface area contributed by atoms with E-state index in [0.29, 0.717) is 0 Å². The van der Waals surface area contributed by atoms with Crippen LogP contribution in [0.4, 0.5) is 11.4 Å². The van der Waals surface area contributed by atoms with Crippen LogP contribution in [0, 0.1) is 0 Å². The van der Waals surface area contributed by atoms with Crippen LogP contribution in [0.25, 0.3) is 0 Å². The number of hydrogen-bond donors (Lipinski definition) is 1. The maximum atomic E-state index is 5.86. The van der Waals surface area contributed by atoms with Gasteiger partial charge in [0.1, 0.15) is 0 Å². The van der Waals surface area contributed by atoms with Crippen LogP contribution >= 0.6 is 0 Å². The molecule has 2 aromatic rings. The van der Waals surface area contributed by atoms with Crippen LogP contribution in [0.15, 0.2) is 48.7 Å². The Kier molecular flexibility index (Phi) is 4.78. The van der Waals surface area contributed by atoms with E-state index in [1.165, 1.54) is 5.69 Å². The van der Waals surface area contributed by atoms with E-state index < -0.39 is 0 Å². The fourth-order valence-corrected chi connectivity index (χ4v) is 2.16. The molecule has 19 heavy (non-hydrogen) atoms. The Morgan fingerprint density at radius 1 is 1.11 bits per heavy atom. The largest absolute Gasteiger partial charge is 0.399 e. The molecule has 0 aliphatic carbocycles. The highest BCUT2D eigenvalue weighted by atomic mass is 15.1. The second-order valence-electron chi connectivity index (χ2n) is 4.65. The minimum absolute atomic E-state index is 0.816. The van der Waals surface area contributed by atoms with Crippen LogP contribution in [-0.2, 0) is 6.42 Å². The summed E-state index contributed by atoms with van der Waals surface area (Å²) in [5, 5.41) is 0. The molecule has 3 nitrogen and oxygen atoms in total. The van der Waals surface area contributed by atoms with Crippen molar-refractivity contribution in [3.63, 3.8) is 0 Å². The van der Waals surface area contributed by atoms with Crippen molar-refractivity contribution in [2.24, 2.45) is 0 Å². The monoisotopic (exact) mass is 255 g/mol. The summed E-state index contributed by atoms with van der Waals surface area (Å²) in [5.41, 5.74) is 9.00. The second-order valence-corrected chi connectivity index (χ2v) is 4.65. The van der Waals surface area contributed by atoms with E-state index in [0.717, 1.165) is 37.3 Å². The molecule has 0 aliphatic rings. The number of benzene rings is 1. The van der Waals surface area contributed by atoms with Crippen molar-refractivity contribution in [1.82, 2.24) is 4.98 Å². The molecule has 0 unspecified atom stereocenters. The van der Waals surface area contributed by atoms with Crippen molar-refractivity contribution in [1.29, 1.82) is 0 Å². The van der Waals surface area contributed by atoms with Gasteiger partial charge in [0, 0.05) is 42.8 Å². The van der Waals surface area contributed by atoms with E-state index in [4.69, 9.17) is 5.73 Å². The van der Waals surface area contributed by atoms with Gasteiger partial charge in [0.25, 0.3) is 0 Å². The molecular formula is C16H21N3. The molecule has 0 saturated carbocycles. The van der Waals surface area contributed by atoms with Gasteiger partial charge in [0.05, 0.1) is 0 Å². The molecule has 3 heteroatoms. The molecule has 0 bridgehead atoms. The highest BCUT2D eigenvalue weighted by Gasteiger charge is 2.06. The zero-order valence-corrected chi connectivity index (χ0v) is 11.4. The number of aromatic nitrogens is 1. The van der Waals surface area contributed by atoms with Gasteiger partial charge in [0.2, 0.25) is 0 Å². The van der Waals surface area contributed by atoms with E-state index in [9.17, 15) is 0 Å². The summed E-state index contributed by atoms with van der Waals surface area (Å²) in [7, 11) is 0. The van der Waals surface area contributed by atoms with Gasteiger partial charge in [-0.15, -0.1) is 0 Å². The maximum Gasteiger partial charge on any atom is 0.0421 e. The lowest BCUT2D eigenvalue weighted by Crippen LogP contribution is -2.26. The SMILES string of the molecule is CCCN(CCc1ccccn1)c1cccc(N)c1. The molecule has 2 rings (SSSR count). The third kappa shape index (κ3) is 3.98.